The molecule has 1 aromatic carbocycles. The van der Waals surface area contributed by atoms with Gasteiger partial charge in [0.05, 0.1) is 10.9 Å². The van der Waals surface area contributed by atoms with Gasteiger partial charge in [-0.25, -0.2) is 0 Å². The van der Waals surface area contributed by atoms with Crippen molar-refractivity contribution >= 4 is 46.9 Å². The van der Waals surface area contributed by atoms with Gasteiger partial charge in [0.1, 0.15) is 0 Å². The third-order valence-corrected chi connectivity index (χ3v) is 4.04. The fourth-order valence-corrected chi connectivity index (χ4v) is 2.38. The molecule has 0 aliphatic heterocycles. The number of nitrogens with two attached hydrogens (primary N) is 1. The van der Waals surface area contributed by atoms with Gasteiger partial charge in [-0.05, 0) is 41.6 Å². The molecular formula is C16H20ClN3O2S. The quantitative estimate of drug-likeness (QED) is 0.770. The van der Waals surface area contributed by atoms with E-state index in [9.17, 15) is 9.59 Å². The number of halogens is 1. The van der Waals surface area contributed by atoms with Gasteiger partial charge in [-0.15, -0.1) is 23.7 Å². The molecule has 0 bridgehead atoms. The number of hydrogen-bond acceptors (Lipinski definition) is 4. The van der Waals surface area contributed by atoms with Crippen molar-refractivity contribution in [2.45, 2.75) is 19.9 Å². The van der Waals surface area contributed by atoms with Crippen LogP contribution in [0.5, 0.6) is 0 Å². The number of amides is 2. The monoisotopic (exact) mass is 353 g/mol. The van der Waals surface area contributed by atoms with Crippen molar-refractivity contribution < 1.29 is 9.59 Å². The molecule has 0 spiro atoms. The van der Waals surface area contributed by atoms with E-state index in [1.54, 1.807) is 30.3 Å². The number of nitrogens with one attached hydrogen (secondary N) is 2. The predicted octanol–water partition coefficient (Wildman–Crippen LogP) is 3.34. The molecule has 0 aliphatic carbocycles. The number of thiophene rings is 1. The minimum absolute atomic E-state index is 0. The second kappa shape index (κ2) is 8.67. The Bertz CT molecular complexity index is 642. The van der Waals surface area contributed by atoms with Gasteiger partial charge in [-0.2, -0.15) is 0 Å². The average molecular weight is 354 g/mol. The maximum atomic E-state index is 11.9. The number of hydrogen-bond donors (Lipinski definition) is 3. The van der Waals surface area contributed by atoms with E-state index in [0.29, 0.717) is 16.3 Å². The lowest BCUT2D eigenvalue weighted by Crippen LogP contribution is -2.39. The molecule has 0 saturated carbocycles. The van der Waals surface area contributed by atoms with Crippen LogP contribution in [0.15, 0.2) is 41.8 Å². The van der Waals surface area contributed by atoms with Crippen LogP contribution in [-0.4, -0.2) is 17.9 Å². The summed E-state index contributed by atoms with van der Waals surface area (Å²) in [5, 5.41) is 7.41. The zero-order chi connectivity index (χ0) is 16.1. The molecule has 1 heterocycles. The smallest absolute Gasteiger partial charge is 0.265 e. The standard InChI is InChI=1S/C16H19N3O2S.ClH/c1-10(2)14(17)16(21)19-12-7-5-11(6-8-12)18-15(20)13-4-3-9-22-13;/h3-10,14H,17H2,1-2H3,(H,18,20)(H,19,21);1H/t14-;/m0./s1. The lowest BCUT2D eigenvalue weighted by Gasteiger charge is -2.15. The third-order valence-electron chi connectivity index (χ3n) is 3.18. The number of carbonyl (C=O) groups is 2. The molecule has 2 amide bonds. The van der Waals surface area contributed by atoms with Crippen LogP contribution in [0.4, 0.5) is 11.4 Å². The Morgan fingerprint density at radius 3 is 2.09 bits per heavy atom. The van der Waals surface area contributed by atoms with Crippen LogP contribution in [0.2, 0.25) is 0 Å². The summed E-state index contributed by atoms with van der Waals surface area (Å²) in [4.78, 5) is 24.4. The Balaban J connectivity index is 0.00000264. The molecule has 1 aromatic heterocycles. The van der Waals surface area contributed by atoms with Gasteiger partial charge in [0.2, 0.25) is 5.91 Å². The zero-order valence-corrected chi connectivity index (χ0v) is 14.5. The van der Waals surface area contributed by atoms with E-state index in [2.05, 4.69) is 10.6 Å². The molecule has 5 nitrogen and oxygen atoms in total. The fourth-order valence-electron chi connectivity index (χ4n) is 1.77. The largest absolute Gasteiger partial charge is 0.325 e. The van der Waals surface area contributed by atoms with Crippen molar-refractivity contribution in [2.24, 2.45) is 11.7 Å². The minimum Gasteiger partial charge on any atom is -0.325 e. The van der Waals surface area contributed by atoms with Crippen molar-refractivity contribution in [1.29, 1.82) is 0 Å². The molecular weight excluding hydrogens is 334 g/mol. The van der Waals surface area contributed by atoms with E-state index in [1.165, 1.54) is 11.3 Å². The van der Waals surface area contributed by atoms with Crippen molar-refractivity contribution in [1.82, 2.24) is 0 Å². The van der Waals surface area contributed by atoms with E-state index in [1.807, 2.05) is 25.3 Å². The van der Waals surface area contributed by atoms with Crippen molar-refractivity contribution in [3.63, 3.8) is 0 Å². The van der Waals surface area contributed by atoms with Crippen LogP contribution < -0.4 is 16.4 Å². The molecule has 0 saturated heterocycles. The molecule has 7 heteroatoms. The van der Waals surface area contributed by atoms with Crippen molar-refractivity contribution in [3.05, 3.63) is 46.7 Å². The maximum absolute atomic E-state index is 11.9. The number of rotatable bonds is 5. The first-order valence-electron chi connectivity index (χ1n) is 6.98. The molecule has 1 atom stereocenters. The Kier molecular flexibility index (Phi) is 7.22. The summed E-state index contributed by atoms with van der Waals surface area (Å²) >= 11 is 1.38. The van der Waals surface area contributed by atoms with E-state index in [-0.39, 0.29) is 30.1 Å². The number of carbonyl (C=O) groups excluding carboxylic acids is 2. The molecule has 2 rings (SSSR count). The Labute approximate surface area is 145 Å². The molecule has 0 unspecified atom stereocenters. The summed E-state index contributed by atoms with van der Waals surface area (Å²) in [5.74, 6) is -0.289. The van der Waals surface area contributed by atoms with Crippen LogP contribution >= 0.6 is 23.7 Å². The number of benzene rings is 1. The van der Waals surface area contributed by atoms with E-state index in [0.717, 1.165) is 0 Å². The normalized spacial score (nSPS) is 11.5. The Morgan fingerprint density at radius 1 is 1.04 bits per heavy atom. The van der Waals surface area contributed by atoms with Gasteiger partial charge < -0.3 is 16.4 Å². The Morgan fingerprint density at radius 2 is 1.61 bits per heavy atom. The van der Waals surface area contributed by atoms with E-state index < -0.39 is 6.04 Å². The van der Waals surface area contributed by atoms with Crippen LogP contribution in [0.3, 0.4) is 0 Å². The van der Waals surface area contributed by atoms with E-state index >= 15 is 0 Å². The van der Waals surface area contributed by atoms with Crippen LogP contribution in [0.25, 0.3) is 0 Å². The van der Waals surface area contributed by atoms with Gasteiger partial charge in [0.25, 0.3) is 5.91 Å². The maximum Gasteiger partial charge on any atom is 0.265 e. The van der Waals surface area contributed by atoms with Crippen LogP contribution in [0, 0.1) is 5.92 Å². The minimum atomic E-state index is -0.543. The highest BCUT2D eigenvalue weighted by Gasteiger charge is 2.17. The SMILES string of the molecule is CC(C)[C@H](N)C(=O)Nc1ccc(NC(=O)c2cccs2)cc1.Cl. The third kappa shape index (κ3) is 5.35. The summed E-state index contributed by atoms with van der Waals surface area (Å²) < 4.78 is 0. The second-order valence-electron chi connectivity index (χ2n) is 5.27. The molecule has 2 aromatic rings. The molecule has 124 valence electrons. The molecule has 0 fully saturated rings. The summed E-state index contributed by atoms with van der Waals surface area (Å²) in [5.41, 5.74) is 7.11. The molecule has 4 N–H and O–H groups in total. The summed E-state index contributed by atoms with van der Waals surface area (Å²) in [6, 6.07) is 9.99. The van der Waals surface area contributed by atoms with Crippen molar-refractivity contribution in [2.75, 3.05) is 10.6 Å². The lowest BCUT2D eigenvalue weighted by molar-refractivity contribution is -0.118. The van der Waals surface area contributed by atoms with Gasteiger partial charge in [-0.1, -0.05) is 19.9 Å². The highest BCUT2D eigenvalue weighted by Crippen LogP contribution is 2.16. The zero-order valence-electron chi connectivity index (χ0n) is 12.9. The highest BCUT2D eigenvalue weighted by atomic mass is 35.5. The van der Waals surface area contributed by atoms with Gasteiger partial charge >= 0.3 is 0 Å². The summed E-state index contributed by atoms with van der Waals surface area (Å²) in [6.07, 6.45) is 0. The van der Waals surface area contributed by atoms with Gasteiger partial charge in [-0.3, -0.25) is 9.59 Å². The second-order valence-corrected chi connectivity index (χ2v) is 6.22. The first-order chi connectivity index (χ1) is 10.5. The molecule has 0 radical (unpaired) electrons. The van der Waals surface area contributed by atoms with Crippen LogP contribution in [-0.2, 0) is 4.79 Å². The summed E-state index contributed by atoms with van der Waals surface area (Å²) in [6.45, 7) is 3.79. The first kappa shape index (κ1) is 19.2. The van der Waals surface area contributed by atoms with Crippen molar-refractivity contribution in [3.8, 4) is 0 Å². The molecule has 23 heavy (non-hydrogen) atoms. The van der Waals surface area contributed by atoms with Gasteiger partial charge in [0.15, 0.2) is 0 Å². The fraction of sp³-hybridized carbons (Fsp3) is 0.250. The Hall–Kier alpha value is -1.89. The predicted molar refractivity (Wildman–Crippen MR) is 97.4 cm³/mol. The first-order valence-corrected chi connectivity index (χ1v) is 7.86. The average Bonchev–Trinajstić information content (AvgIpc) is 3.02. The highest BCUT2D eigenvalue weighted by molar-refractivity contribution is 7.12. The lowest BCUT2D eigenvalue weighted by atomic mass is 10.0. The molecule has 0 aliphatic rings. The van der Waals surface area contributed by atoms with E-state index in [4.69, 9.17) is 5.73 Å². The van der Waals surface area contributed by atoms with Crippen LogP contribution in [0.1, 0.15) is 23.5 Å². The number of anilines is 2. The topological polar surface area (TPSA) is 84.2 Å². The van der Waals surface area contributed by atoms with Gasteiger partial charge in [0, 0.05) is 11.4 Å². The summed E-state index contributed by atoms with van der Waals surface area (Å²) in [7, 11) is 0.